The first-order valence-corrected chi connectivity index (χ1v) is 7.56. The lowest BCUT2D eigenvalue weighted by atomic mass is 10.2. The van der Waals surface area contributed by atoms with Gasteiger partial charge >= 0.3 is 6.09 Å². The van der Waals surface area contributed by atoms with Gasteiger partial charge in [0.05, 0.1) is 0 Å². The van der Waals surface area contributed by atoms with Crippen LogP contribution in [0.15, 0.2) is 29.4 Å². The predicted molar refractivity (Wildman–Crippen MR) is 73.7 cm³/mol. The molecule has 0 radical (unpaired) electrons. The van der Waals surface area contributed by atoms with Crippen molar-refractivity contribution in [1.82, 2.24) is 15.0 Å². The largest absolute Gasteiger partial charge is 0.444 e. The zero-order valence-electron chi connectivity index (χ0n) is 11.7. The summed E-state index contributed by atoms with van der Waals surface area (Å²) in [4.78, 5) is 15.1. The van der Waals surface area contributed by atoms with Gasteiger partial charge in [-0.25, -0.2) is 22.9 Å². The van der Waals surface area contributed by atoms with Crippen LogP contribution < -0.4 is 10.0 Å². The third kappa shape index (κ3) is 5.98. The van der Waals surface area contributed by atoms with Crippen LogP contribution in [-0.2, 0) is 14.8 Å². The van der Waals surface area contributed by atoms with E-state index in [-0.39, 0.29) is 18.1 Å². The van der Waals surface area contributed by atoms with Gasteiger partial charge in [0, 0.05) is 19.3 Å². The van der Waals surface area contributed by atoms with Crippen molar-refractivity contribution in [2.75, 3.05) is 13.1 Å². The molecule has 2 N–H and O–H groups in total. The molecule has 20 heavy (non-hydrogen) atoms. The topological polar surface area (TPSA) is 97.4 Å². The second kappa shape index (κ2) is 6.67. The summed E-state index contributed by atoms with van der Waals surface area (Å²) in [5.74, 6) is 0. The van der Waals surface area contributed by atoms with Gasteiger partial charge in [-0.3, -0.25) is 0 Å². The highest BCUT2D eigenvalue weighted by Gasteiger charge is 2.17. The maximum atomic E-state index is 11.8. The molecule has 0 aliphatic rings. The minimum atomic E-state index is -3.65. The second-order valence-corrected chi connectivity index (χ2v) is 6.71. The lowest BCUT2D eigenvalue weighted by Crippen LogP contribution is -2.38. The van der Waals surface area contributed by atoms with Crippen LogP contribution in [0.5, 0.6) is 0 Å². The number of rotatable bonds is 5. The van der Waals surface area contributed by atoms with Crippen LogP contribution in [0.1, 0.15) is 20.8 Å². The number of hydrogen-bond acceptors (Lipinski definition) is 5. The second-order valence-electron chi connectivity index (χ2n) is 4.99. The Hall–Kier alpha value is -1.67. The van der Waals surface area contributed by atoms with Crippen LogP contribution >= 0.6 is 0 Å². The van der Waals surface area contributed by atoms with E-state index in [0.717, 1.165) is 0 Å². The quantitative estimate of drug-likeness (QED) is 0.787. The Morgan fingerprint density at radius 3 is 2.55 bits per heavy atom. The predicted octanol–water partition coefficient (Wildman–Crippen LogP) is 0.885. The number of carbonyl (C=O) groups is 1. The van der Waals surface area contributed by atoms with Crippen LogP contribution in [0.2, 0.25) is 0 Å². The van der Waals surface area contributed by atoms with E-state index in [2.05, 4.69) is 15.0 Å². The highest BCUT2D eigenvalue weighted by Crippen LogP contribution is 2.06. The lowest BCUT2D eigenvalue weighted by molar-refractivity contribution is 0.0529. The number of amides is 1. The van der Waals surface area contributed by atoms with Crippen molar-refractivity contribution in [2.45, 2.75) is 31.4 Å². The average Bonchev–Trinajstić information content (AvgIpc) is 2.34. The van der Waals surface area contributed by atoms with E-state index >= 15 is 0 Å². The monoisotopic (exact) mass is 301 g/mol. The van der Waals surface area contributed by atoms with Gasteiger partial charge in [-0.05, 0) is 32.9 Å². The molecule has 0 bridgehead atoms. The number of hydrogen-bond donors (Lipinski definition) is 2. The molecule has 1 rings (SSSR count). The molecule has 1 aromatic rings. The van der Waals surface area contributed by atoms with Crippen LogP contribution in [0.25, 0.3) is 0 Å². The molecule has 0 atom stereocenters. The summed E-state index contributed by atoms with van der Waals surface area (Å²) < 4.78 is 30.9. The number of nitrogens with zero attached hydrogens (tertiary/aromatic N) is 1. The number of alkyl carbamates (subject to hydrolysis) is 1. The van der Waals surface area contributed by atoms with Gasteiger partial charge < -0.3 is 10.1 Å². The highest BCUT2D eigenvalue weighted by atomic mass is 32.2. The fourth-order valence-corrected chi connectivity index (χ4v) is 2.22. The zero-order valence-corrected chi connectivity index (χ0v) is 12.5. The number of ether oxygens (including phenoxy) is 1. The molecule has 1 aromatic heterocycles. The van der Waals surface area contributed by atoms with Crippen LogP contribution in [0.3, 0.4) is 0 Å². The van der Waals surface area contributed by atoms with Crippen molar-refractivity contribution in [2.24, 2.45) is 0 Å². The lowest BCUT2D eigenvalue weighted by Gasteiger charge is -2.19. The minimum Gasteiger partial charge on any atom is -0.444 e. The molecular weight excluding hydrogens is 282 g/mol. The molecule has 0 aromatic carbocycles. The van der Waals surface area contributed by atoms with E-state index in [9.17, 15) is 13.2 Å². The number of pyridine rings is 1. The summed E-state index contributed by atoms with van der Waals surface area (Å²) in [6.45, 7) is 5.42. The van der Waals surface area contributed by atoms with E-state index in [0.29, 0.717) is 0 Å². The Morgan fingerprint density at radius 1 is 1.30 bits per heavy atom. The first kappa shape index (κ1) is 16.4. The molecule has 0 fully saturated rings. The molecule has 0 aliphatic heterocycles. The smallest absolute Gasteiger partial charge is 0.407 e. The molecule has 0 aliphatic carbocycles. The Bertz CT molecular complexity index is 538. The third-order valence-corrected chi connectivity index (χ3v) is 3.37. The summed E-state index contributed by atoms with van der Waals surface area (Å²) in [5, 5.41) is 2.40. The third-order valence-electron chi connectivity index (χ3n) is 2.00. The molecule has 7 nitrogen and oxygen atoms in total. The van der Waals surface area contributed by atoms with Gasteiger partial charge in [0.25, 0.3) is 10.0 Å². The summed E-state index contributed by atoms with van der Waals surface area (Å²) in [6.07, 6.45) is 0.808. The molecule has 0 unspecified atom stereocenters. The molecule has 1 heterocycles. The van der Waals surface area contributed by atoms with Gasteiger partial charge in [-0.2, -0.15) is 0 Å². The van der Waals surface area contributed by atoms with Crippen LogP contribution in [0, 0.1) is 0 Å². The van der Waals surface area contributed by atoms with Gasteiger partial charge in [-0.15, -0.1) is 0 Å². The van der Waals surface area contributed by atoms with Crippen molar-refractivity contribution in [3.63, 3.8) is 0 Å². The number of carbonyl (C=O) groups excluding carboxylic acids is 1. The van der Waals surface area contributed by atoms with Crippen LogP contribution in [-0.4, -0.2) is 38.2 Å². The van der Waals surface area contributed by atoms with Crippen molar-refractivity contribution in [1.29, 1.82) is 0 Å². The molecule has 1 amide bonds. The maximum Gasteiger partial charge on any atom is 0.407 e. The number of aromatic nitrogens is 1. The SMILES string of the molecule is CC(C)(C)OC(=O)NCCNS(=O)(=O)c1ccccn1. The first-order valence-electron chi connectivity index (χ1n) is 6.08. The molecule has 112 valence electrons. The Kier molecular flexibility index (Phi) is 5.46. The normalized spacial score (nSPS) is 11.9. The fourth-order valence-electron chi connectivity index (χ4n) is 1.24. The summed E-state index contributed by atoms with van der Waals surface area (Å²) in [5.41, 5.74) is -0.586. The van der Waals surface area contributed by atoms with Gasteiger partial charge in [0.1, 0.15) is 5.60 Å². The summed E-state index contributed by atoms with van der Waals surface area (Å²) in [7, 11) is -3.65. The van der Waals surface area contributed by atoms with Gasteiger partial charge in [-0.1, -0.05) is 6.07 Å². The molecule has 0 saturated carbocycles. The molecule has 0 spiro atoms. The summed E-state index contributed by atoms with van der Waals surface area (Å²) in [6, 6.07) is 4.60. The van der Waals surface area contributed by atoms with E-state index in [1.165, 1.54) is 12.3 Å². The molecule has 0 saturated heterocycles. The Labute approximate surface area is 118 Å². The van der Waals surface area contributed by atoms with E-state index in [4.69, 9.17) is 4.74 Å². The summed E-state index contributed by atoms with van der Waals surface area (Å²) >= 11 is 0. The number of nitrogens with one attached hydrogen (secondary N) is 2. The first-order chi connectivity index (χ1) is 9.21. The Morgan fingerprint density at radius 2 is 2.00 bits per heavy atom. The maximum absolute atomic E-state index is 11.8. The standard InChI is InChI=1S/C12H19N3O4S/c1-12(2,3)19-11(16)14-8-9-15-20(17,18)10-6-4-5-7-13-10/h4-7,15H,8-9H2,1-3H3,(H,14,16). The minimum absolute atomic E-state index is 0.0537. The fraction of sp³-hybridized carbons (Fsp3) is 0.500. The van der Waals surface area contributed by atoms with E-state index in [1.807, 2.05) is 0 Å². The van der Waals surface area contributed by atoms with Crippen molar-refractivity contribution in [3.8, 4) is 0 Å². The zero-order chi connectivity index (χ0) is 15.2. The van der Waals surface area contributed by atoms with E-state index < -0.39 is 21.7 Å². The van der Waals surface area contributed by atoms with Crippen LogP contribution in [0.4, 0.5) is 4.79 Å². The number of sulfonamides is 1. The highest BCUT2D eigenvalue weighted by molar-refractivity contribution is 7.89. The molecule has 8 heteroatoms. The van der Waals surface area contributed by atoms with Crippen molar-refractivity contribution < 1.29 is 17.9 Å². The molecular formula is C12H19N3O4S. The average molecular weight is 301 g/mol. The van der Waals surface area contributed by atoms with Crippen molar-refractivity contribution >= 4 is 16.1 Å². The van der Waals surface area contributed by atoms with Gasteiger partial charge in [0.15, 0.2) is 5.03 Å². The van der Waals surface area contributed by atoms with Crippen molar-refractivity contribution in [3.05, 3.63) is 24.4 Å². The Balaban J connectivity index is 2.37. The van der Waals surface area contributed by atoms with Gasteiger partial charge in [0.2, 0.25) is 0 Å². The van der Waals surface area contributed by atoms with E-state index in [1.54, 1.807) is 32.9 Å².